The van der Waals surface area contributed by atoms with Crippen LogP contribution in [0.3, 0.4) is 0 Å². The highest BCUT2D eigenvalue weighted by molar-refractivity contribution is 7.50. The van der Waals surface area contributed by atoms with Crippen molar-refractivity contribution in [3.05, 3.63) is 0 Å². The molecule has 27 heavy (non-hydrogen) atoms. The topological polar surface area (TPSA) is 108 Å². The van der Waals surface area contributed by atoms with E-state index in [1.807, 2.05) is 0 Å². The highest BCUT2D eigenvalue weighted by atomic mass is 31.2. The molecule has 2 aliphatic rings. The van der Waals surface area contributed by atoms with Gasteiger partial charge in [0.1, 0.15) is 7.60 Å². The number of alkyl carbamates (subject to hydrolysis) is 1. The van der Waals surface area contributed by atoms with E-state index in [1.165, 1.54) is 0 Å². The van der Waals surface area contributed by atoms with Crippen molar-refractivity contribution in [2.75, 3.05) is 33.0 Å². The molecule has 0 spiro atoms. The maximum absolute atomic E-state index is 11.8. The zero-order valence-electron chi connectivity index (χ0n) is 16.0. The Bertz CT molecular complexity index is 562. The van der Waals surface area contributed by atoms with E-state index in [9.17, 15) is 19.4 Å². The number of rotatable bonds is 11. The van der Waals surface area contributed by atoms with Crippen LogP contribution in [0, 0.1) is 35.5 Å². The van der Waals surface area contributed by atoms with Crippen molar-refractivity contribution in [3.63, 3.8) is 0 Å². The number of fused-ring (bicyclic) bond motifs is 1. The molecule has 0 heterocycles. The van der Waals surface area contributed by atoms with Crippen molar-refractivity contribution >= 4 is 13.7 Å². The van der Waals surface area contributed by atoms with Crippen LogP contribution in [-0.4, -0.2) is 44.2 Å². The highest BCUT2D eigenvalue weighted by Gasteiger charge is 2.49. The first-order valence-corrected chi connectivity index (χ1v) is 11.8. The van der Waals surface area contributed by atoms with Gasteiger partial charge in [0.2, 0.25) is 0 Å². The average Bonchev–Trinajstić information content (AvgIpc) is 3.23. The molecule has 1 amide bonds. The summed E-state index contributed by atoms with van der Waals surface area (Å²) in [5.74, 6) is 7.95. The van der Waals surface area contributed by atoms with Gasteiger partial charge in [-0.3, -0.25) is 0 Å². The van der Waals surface area contributed by atoms with Crippen molar-refractivity contribution in [2.24, 2.45) is 23.7 Å². The van der Waals surface area contributed by atoms with Crippen molar-refractivity contribution in [2.45, 2.75) is 44.9 Å². The lowest BCUT2D eigenvalue weighted by Crippen LogP contribution is -2.26. The van der Waals surface area contributed by atoms with Crippen LogP contribution in [0.4, 0.5) is 4.79 Å². The third-order valence-electron chi connectivity index (χ3n) is 5.36. The molecule has 0 aromatic carbocycles. The smallest absolute Gasteiger partial charge is 0.407 e. The SMILES string of the molecule is CP(=O)([O-])OCC(CO)CCCCNC(=O)OCC1[C@H]2CCC#CCC[C@@H]12. The van der Waals surface area contributed by atoms with E-state index in [1.54, 1.807) is 0 Å². The summed E-state index contributed by atoms with van der Waals surface area (Å²) in [5, 5.41) is 12.0. The van der Waals surface area contributed by atoms with Crippen molar-refractivity contribution in [3.8, 4) is 11.8 Å². The van der Waals surface area contributed by atoms with E-state index in [0.29, 0.717) is 37.3 Å². The molecular weight excluding hydrogens is 369 g/mol. The number of aliphatic hydroxyl groups is 1. The van der Waals surface area contributed by atoms with Gasteiger partial charge in [-0.25, -0.2) is 4.79 Å². The van der Waals surface area contributed by atoms with Crippen LogP contribution in [0.2, 0.25) is 0 Å². The Morgan fingerprint density at radius 1 is 1.30 bits per heavy atom. The van der Waals surface area contributed by atoms with Crippen molar-refractivity contribution in [1.29, 1.82) is 0 Å². The molecule has 0 aliphatic heterocycles. The lowest BCUT2D eigenvalue weighted by atomic mass is 10.0. The second kappa shape index (κ2) is 11.1. The minimum atomic E-state index is -3.76. The molecule has 1 fully saturated rings. The van der Waals surface area contributed by atoms with Gasteiger partial charge in [0.25, 0.3) is 0 Å². The van der Waals surface area contributed by atoms with Gasteiger partial charge in [-0.1, -0.05) is 6.42 Å². The van der Waals surface area contributed by atoms with Gasteiger partial charge >= 0.3 is 6.09 Å². The Hall–Kier alpha value is -1.06. The Morgan fingerprint density at radius 3 is 2.56 bits per heavy atom. The molecule has 0 saturated heterocycles. The average molecular weight is 400 g/mol. The Kier molecular flexibility index (Phi) is 9.11. The molecule has 0 bridgehead atoms. The molecule has 0 radical (unpaired) electrons. The quantitative estimate of drug-likeness (QED) is 0.313. The summed E-state index contributed by atoms with van der Waals surface area (Å²) in [4.78, 5) is 22.8. The van der Waals surface area contributed by atoms with Gasteiger partial charge in [0, 0.05) is 38.6 Å². The number of carbonyl (C=O) groups is 1. The molecule has 0 aromatic heterocycles. The first kappa shape index (κ1) is 22.2. The van der Waals surface area contributed by atoms with Crippen LogP contribution >= 0.6 is 7.60 Å². The predicted molar refractivity (Wildman–Crippen MR) is 100.0 cm³/mol. The molecule has 7 nitrogen and oxygen atoms in total. The standard InChI is InChI=1S/C19H32NO6P/c1-27(23,24)26-13-15(12-21)8-6-7-11-20-19(22)25-14-18-16-9-4-2-3-5-10-17(16)18/h15-18,21H,4-14H2,1H3,(H,20,22)(H,23,24)/p-1/t15?,16-,17+,18?. The second-order valence-corrected chi connectivity index (χ2v) is 9.36. The number of nitrogens with one attached hydrogen (secondary N) is 1. The Labute approximate surface area is 161 Å². The van der Waals surface area contributed by atoms with Crippen LogP contribution < -0.4 is 10.2 Å². The first-order chi connectivity index (χ1) is 12.9. The molecule has 1 saturated carbocycles. The normalized spacial score (nSPS) is 27.0. The summed E-state index contributed by atoms with van der Waals surface area (Å²) in [6, 6.07) is 0. The van der Waals surface area contributed by atoms with Crippen LogP contribution in [0.25, 0.3) is 0 Å². The summed E-state index contributed by atoms with van der Waals surface area (Å²) in [6.45, 7) is 1.88. The van der Waals surface area contributed by atoms with E-state index < -0.39 is 7.60 Å². The number of amides is 1. The summed E-state index contributed by atoms with van der Waals surface area (Å²) >= 11 is 0. The fourth-order valence-electron chi connectivity index (χ4n) is 3.72. The van der Waals surface area contributed by atoms with Crippen molar-refractivity contribution in [1.82, 2.24) is 5.32 Å². The number of aliphatic hydroxyl groups excluding tert-OH is 1. The van der Waals surface area contributed by atoms with E-state index in [4.69, 9.17) is 9.26 Å². The van der Waals surface area contributed by atoms with Crippen LogP contribution in [0.1, 0.15) is 44.9 Å². The fraction of sp³-hybridized carbons (Fsp3) is 0.842. The lowest BCUT2D eigenvalue weighted by molar-refractivity contribution is -0.197. The zero-order chi connectivity index (χ0) is 19.7. The fourth-order valence-corrected chi connectivity index (χ4v) is 4.20. The number of unbranched alkanes of at least 4 members (excludes halogenated alkanes) is 1. The molecule has 2 N–H and O–H groups in total. The van der Waals surface area contributed by atoms with E-state index in [2.05, 4.69) is 17.2 Å². The van der Waals surface area contributed by atoms with Gasteiger partial charge in [-0.15, -0.1) is 11.8 Å². The van der Waals surface area contributed by atoms with E-state index in [0.717, 1.165) is 45.2 Å². The third kappa shape index (κ3) is 8.66. The van der Waals surface area contributed by atoms with Crippen LogP contribution in [-0.2, 0) is 13.8 Å². The van der Waals surface area contributed by atoms with Crippen molar-refractivity contribution < 1.29 is 28.6 Å². The summed E-state index contributed by atoms with van der Waals surface area (Å²) < 4.78 is 21.1. The molecule has 8 heteroatoms. The molecule has 154 valence electrons. The predicted octanol–water partition coefficient (Wildman–Crippen LogP) is 2.13. The summed E-state index contributed by atoms with van der Waals surface area (Å²) in [7, 11) is -3.76. The monoisotopic (exact) mass is 400 g/mol. The minimum absolute atomic E-state index is 0.00197. The molecular formula is C19H31NO6P-. The maximum Gasteiger partial charge on any atom is 0.407 e. The maximum atomic E-state index is 11.8. The van der Waals surface area contributed by atoms with E-state index in [-0.39, 0.29) is 25.2 Å². The summed E-state index contributed by atoms with van der Waals surface area (Å²) in [5.41, 5.74) is 0. The molecule has 2 rings (SSSR count). The first-order valence-electron chi connectivity index (χ1n) is 9.81. The van der Waals surface area contributed by atoms with Crippen LogP contribution in [0.15, 0.2) is 0 Å². The van der Waals surface area contributed by atoms with Gasteiger partial charge < -0.3 is 29.1 Å². The van der Waals surface area contributed by atoms with E-state index >= 15 is 0 Å². The van der Waals surface area contributed by atoms with Gasteiger partial charge in [0.05, 0.1) is 13.2 Å². The third-order valence-corrected chi connectivity index (χ3v) is 5.98. The number of hydrogen-bond acceptors (Lipinski definition) is 6. The minimum Gasteiger partial charge on any atom is -0.779 e. The van der Waals surface area contributed by atoms with Gasteiger partial charge in [-0.05, 0) is 43.4 Å². The molecule has 0 aromatic rings. The number of ether oxygens (including phenoxy) is 1. The second-order valence-electron chi connectivity index (χ2n) is 7.56. The molecule has 3 unspecified atom stereocenters. The number of carbonyl (C=O) groups excluding carboxylic acids is 1. The Morgan fingerprint density at radius 2 is 1.96 bits per heavy atom. The highest BCUT2D eigenvalue weighted by Crippen LogP contribution is 2.52. The van der Waals surface area contributed by atoms with Crippen LogP contribution in [0.5, 0.6) is 0 Å². The molecule has 5 atom stereocenters. The lowest BCUT2D eigenvalue weighted by Gasteiger charge is -2.21. The Balaban J connectivity index is 1.49. The summed E-state index contributed by atoms with van der Waals surface area (Å²) in [6.07, 6.45) is 5.88. The van der Waals surface area contributed by atoms with Gasteiger partial charge in [-0.2, -0.15) is 0 Å². The largest absolute Gasteiger partial charge is 0.779 e. The number of hydrogen-bond donors (Lipinski definition) is 2. The van der Waals surface area contributed by atoms with Gasteiger partial charge in [0.15, 0.2) is 0 Å². The molecule has 2 aliphatic carbocycles. The zero-order valence-corrected chi connectivity index (χ0v) is 16.9.